The topological polar surface area (TPSA) is 63.2 Å². The van der Waals surface area contributed by atoms with Crippen molar-refractivity contribution in [1.82, 2.24) is 5.32 Å². The van der Waals surface area contributed by atoms with E-state index in [0.717, 1.165) is 17.7 Å². The molecule has 0 saturated carbocycles. The molecule has 0 aliphatic carbocycles. The molecule has 1 saturated heterocycles. The zero-order valence-electron chi connectivity index (χ0n) is 10.1. The van der Waals surface area contributed by atoms with E-state index in [4.69, 9.17) is 0 Å². The Bertz CT molecular complexity index is 493. The molecule has 0 radical (unpaired) electrons. The van der Waals surface area contributed by atoms with Gasteiger partial charge in [-0.2, -0.15) is 0 Å². The number of amides is 1. The fraction of sp³-hybridized carbons (Fsp3) is 0.583. The molecular weight excluding hydrogens is 270 g/mol. The lowest BCUT2D eigenvalue weighted by Gasteiger charge is -2.08. The molecule has 18 heavy (non-hydrogen) atoms. The Balaban J connectivity index is 1.65. The van der Waals surface area contributed by atoms with E-state index in [1.54, 1.807) is 11.3 Å². The molecular formula is C12H17NO3S2. The Labute approximate surface area is 111 Å². The summed E-state index contributed by atoms with van der Waals surface area (Å²) in [7, 11) is -2.80. The molecule has 1 N–H and O–H groups in total. The Morgan fingerprint density at radius 3 is 2.94 bits per heavy atom. The second-order valence-corrected chi connectivity index (χ2v) is 7.92. The zero-order valence-corrected chi connectivity index (χ0v) is 11.7. The van der Waals surface area contributed by atoms with Crippen molar-refractivity contribution >= 4 is 27.1 Å². The normalized spacial score (nSPS) is 21.9. The second-order valence-electron chi connectivity index (χ2n) is 4.66. The summed E-state index contributed by atoms with van der Waals surface area (Å²) in [5.41, 5.74) is 0. The molecule has 1 aromatic heterocycles. The van der Waals surface area contributed by atoms with Crippen molar-refractivity contribution in [3.63, 3.8) is 0 Å². The maximum Gasteiger partial charge on any atom is 0.225 e. The molecule has 1 atom stereocenters. The van der Waals surface area contributed by atoms with E-state index >= 15 is 0 Å². The Hall–Kier alpha value is -0.880. The van der Waals surface area contributed by atoms with E-state index in [-0.39, 0.29) is 17.6 Å². The van der Waals surface area contributed by atoms with E-state index in [2.05, 4.69) is 5.32 Å². The third-order valence-corrected chi connectivity index (χ3v) is 5.83. The molecule has 1 aliphatic rings. The van der Waals surface area contributed by atoms with Crippen LogP contribution in [0, 0.1) is 5.92 Å². The Morgan fingerprint density at radius 2 is 2.33 bits per heavy atom. The third-order valence-electron chi connectivity index (χ3n) is 3.12. The summed E-state index contributed by atoms with van der Waals surface area (Å²) in [6, 6.07) is 3.87. The largest absolute Gasteiger partial charge is 0.356 e. The number of hydrogen-bond acceptors (Lipinski definition) is 4. The van der Waals surface area contributed by atoms with Crippen LogP contribution in [-0.4, -0.2) is 32.4 Å². The van der Waals surface area contributed by atoms with Gasteiger partial charge >= 0.3 is 0 Å². The van der Waals surface area contributed by atoms with Gasteiger partial charge in [0, 0.05) is 11.4 Å². The van der Waals surface area contributed by atoms with Crippen LogP contribution in [0.1, 0.15) is 17.7 Å². The molecule has 0 bridgehead atoms. The molecule has 100 valence electrons. The van der Waals surface area contributed by atoms with Crippen LogP contribution < -0.4 is 5.32 Å². The lowest BCUT2D eigenvalue weighted by atomic mass is 10.1. The van der Waals surface area contributed by atoms with Gasteiger partial charge in [-0.15, -0.1) is 11.3 Å². The minimum absolute atomic E-state index is 0.0123. The molecule has 2 rings (SSSR count). The van der Waals surface area contributed by atoms with Crippen molar-refractivity contribution in [1.29, 1.82) is 0 Å². The summed E-state index contributed by atoms with van der Waals surface area (Å²) in [5.74, 6) is 0.824. The van der Waals surface area contributed by atoms with Crippen molar-refractivity contribution in [2.24, 2.45) is 5.92 Å². The average molecular weight is 287 g/mol. The standard InChI is InChI=1S/C12H17NO3S2/c14-12(8-11-2-1-6-17-11)13-5-3-10-4-7-18(15,16)9-10/h1-2,6,10H,3-5,7-9H2,(H,13,14). The van der Waals surface area contributed by atoms with Crippen molar-refractivity contribution in [3.8, 4) is 0 Å². The van der Waals surface area contributed by atoms with Gasteiger partial charge in [-0.25, -0.2) is 8.42 Å². The van der Waals surface area contributed by atoms with E-state index in [0.29, 0.717) is 18.7 Å². The van der Waals surface area contributed by atoms with Gasteiger partial charge in [0.15, 0.2) is 9.84 Å². The van der Waals surface area contributed by atoms with Gasteiger partial charge in [0.25, 0.3) is 0 Å². The number of carbonyl (C=O) groups is 1. The highest BCUT2D eigenvalue weighted by atomic mass is 32.2. The summed E-state index contributed by atoms with van der Waals surface area (Å²) in [4.78, 5) is 12.6. The SMILES string of the molecule is O=C(Cc1cccs1)NCCC1CCS(=O)(=O)C1. The van der Waals surface area contributed by atoms with Gasteiger partial charge < -0.3 is 5.32 Å². The second kappa shape index (κ2) is 5.84. The monoisotopic (exact) mass is 287 g/mol. The first-order chi connectivity index (χ1) is 8.55. The number of thiophene rings is 1. The molecule has 1 fully saturated rings. The predicted octanol–water partition coefficient (Wildman–Crippen LogP) is 1.23. The summed E-state index contributed by atoms with van der Waals surface area (Å²) < 4.78 is 22.5. The van der Waals surface area contributed by atoms with Crippen molar-refractivity contribution < 1.29 is 13.2 Å². The number of carbonyl (C=O) groups excluding carboxylic acids is 1. The first kappa shape index (κ1) is 13.5. The summed E-state index contributed by atoms with van der Waals surface area (Å²) in [6.45, 7) is 0.574. The van der Waals surface area contributed by atoms with Crippen LogP contribution in [-0.2, 0) is 21.1 Å². The van der Waals surface area contributed by atoms with Crippen LogP contribution in [0.4, 0.5) is 0 Å². The van der Waals surface area contributed by atoms with Gasteiger partial charge in [0.1, 0.15) is 0 Å². The molecule has 1 aromatic rings. The molecule has 0 aromatic carbocycles. The van der Waals surface area contributed by atoms with Gasteiger partial charge in [-0.05, 0) is 30.2 Å². The molecule has 4 nitrogen and oxygen atoms in total. The highest BCUT2D eigenvalue weighted by molar-refractivity contribution is 7.91. The van der Waals surface area contributed by atoms with Gasteiger partial charge in [-0.1, -0.05) is 6.07 Å². The van der Waals surface area contributed by atoms with E-state index in [1.807, 2.05) is 17.5 Å². The minimum atomic E-state index is -2.80. The number of nitrogens with one attached hydrogen (secondary N) is 1. The van der Waals surface area contributed by atoms with Crippen LogP contribution in [0.15, 0.2) is 17.5 Å². The predicted molar refractivity (Wildman–Crippen MR) is 72.4 cm³/mol. The van der Waals surface area contributed by atoms with E-state index in [1.165, 1.54) is 0 Å². The van der Waals surface area contributed by atoms with Crippen LogP contribution in [0.3, 0.4) is 0 Å². The van der Waals surface area contributed by atoms with E-state index in [9.17, 15) is 13.2 Å². The Morgan fingerprint density at radius 1 is 1.50 bits per heavy atom. The maximum atomic E-state index is 11.6. The number of hydrogen-bond donors (Lipinski definition) is 1. The fourth-order valence-corrected chi connectivity index (χ4v) is 4.76. The number of sulfone groups is 1. The highest BCUT2D eigenvalue weighted by Crippen LogP contribution is 2.20. The van der Waals surface area contributed by atoms with Gasteiger partial charge in [0.05, 0.1) is 17.9 Å². The maximum absolute atomic E-state index is 11.6. The van der Waals surface area contributed by atoms with Crippen molar-refractivity contribution in [2.75, 3.05) is 18.1 Å². The quantitative estimate of drug-likeness (QED) is 0.886. The first-order valence-electron chi connectivity index (χ1n) is 6.05. The third kappa shape index (κ3) is 4.10. The van der Waals surface area contributed by atoms with Gasteiger partial charge in [-0.3, -0.25) is 4.79 Å². The summed E-state index contributed by atoms with van der Waals surface area (Å²) in [5, 5.41) is 4.80. The lowest BCUT2D eigenvalue weighted by Crippen LogP contribution is -2.27. The fourth-order valence-electron chi connectivity index (χ4n) is 2.15. The Kier molecular flexibility index (Phi) is 4.40. The molecule has 1 unspecified atom stereocenters. The minimum Gasteiger partial charge on any atom is -0.356 e. The molecule has 0 spiro atoms. The summed E-state index contributed by atoms with van der Waals surface area (Å²) in [6.07, 6.45) is 1.92. The van der Waals surface area contributed by atoms with E-state index < -0.39 is 9.84 Å². The molecule has 1 aliphatic heterocycles. The smallest absolute Gasteiger partial charge is 0.225 e. The summed E-state index contributed by atoms with van der Waals surface area (Å²) >= 11 is 1.57. The van der Waals surface area contributed by atoms with Gasteiger partial charge in [0.2, 0.25) is 5.91 Å². The van der Waals surface area contributed by atoms with Crippen molar-refractivity contribution in [3.05, 3.63) is 22.4 Å². The van der Waals surface area contributed by atoms with Crippen LogP contribution in [0.25, 0.3) is 0 Å². The lowest BCUT2D eigenvalue weighted by molar-refractivity contribution is -0.120. The number of rotatable bonds is 5. The average Bonchev–Trinajstić information content (AvgIpc) is 2.88. The molecule has 6 heteroatoms. The molecule has 2 heterocycles. The van der Waals surface area contributed by atoms with Crippen molar-refractivity contribution in [2.45, 2.75) is 19.3 Å². The molecule has 1 amide bonds. The van der Waals surface area contributed by atoms with Crippen LogP contribution in [0.2, 0.25) is 0 Å². The zero-order chi connectivity index (χ0) is 13.0. The van der Waals surface area contributed by atoms with Crippen LogP contribution in [0.5, 0.6) is 0 Å². The highest BCUT2D eigenvalue weighted by Gasteiger charge is 2.27. The van der Waals surface area contributed by atoms with Crippen LogP contribution >= 0.6 is 11.3 Å². The first-order valence-corrected chi connectivity index (χ1v) is 8.75.